The van der Waals surface area contributed by atoms with Crippen molar-refractivity contribution in [1.29, 1.82) is 0 Å². The average Bonchev–Trinajstić information content (AvgIpc) is 3.00. The number of aromatic carboxylic acids is 1. The molecular formula is C16H14N2O3. The zero-order valence-corrected chi connectivity index (χ0v) is 11.2. The molecule has 0 aliphatic rings. The standard InChI is InChI=1S/C16H14N2O3/c19-16(20)15-10-14(12-5-1-2-6-13(12)18-15)17-8-7-11-4-3-9-21-11/h1-6,9-10H,7-8H2,(H,17,18)(H,19,20). The first-order valence-electron chi connectivity index (χ1n) is 6.63. The highest BCUT2D eigenvalue weighted by atomic mass is 16.4. The van der Waals surface area contributed by atoms with E-state index in [0.717, 1.165) is 23.3 Å². The van der Waals surface area contributed by atoms with Crippen LogP contribution >= 0.6 is 0 Å². The number of nitrogens with zero attached hydrogens (tertiary/aromatic N) is 1. The van der Waals surface area contributed by atoms with Gasteiger partial charge in [0.25, 0.3) is 0 Å². The van der Waals surface area contributed by atoms with E-state index in [1.54, 1.807) is 18.4 Å². The molecule has 21 heavy (non-hydrogen) atoms. The van der Waals surface area contributed by atoms with Crippen LogP contribution in [0, 0.1) is 0 Å². The summed E-state index contributed by atoms with van der Waals surface area (Å²) in [6, 6.07) is 12.8. The molecule has 0 saturated carbocycles. The molecule has 0 aliphatic carbocycles. The third-order valence-electron chi connectivity index (χ3n) is 3.20. The van der Waals surface area contributed by atoms with E-state index in [1.165, 1.54) is 0 Å². The molecule has 1 aromatic carbocycles. The number of fused-ring (bicyclic) bond motifs is 1. The van der Waals surface area contributed by atoms with E-state index >= 15 is 0 Å². The number of anilines is 1. The van der Waals surface area contributed by atoms with E-state index in [9.17, 15) is 4.79 Å². The molecule has 2 aromatic heterocycles. The van der Waals surface area contributed by atoms with E-state index in [-0.39, 0.29) is 5.69 Å². The van der Waals surface area contributed by atoms with Crippen molar-refractivity contribution in [3.05, 3.63) is 60.2 Å². The molecule has 0 saturated heterocycles. The number of pyridine rings is 1. The van der Waals surface area contributed by atoms with Gasteiger partial charge in [-0.05, 0) is 24.3 Å². The lowest BCUT2D eigenvalue weighted by molar-refractivity contribution is 0.0691. The highest BCUT2D eigenvalue weighted by molar-refractivity contribution is 5.97. The lowest BCUT2D eigenvalue weighted by atomic mass is 10.1. The number of carboxylic acids is 1. The first-order chi connectivity index (χ1) is 10.2. The van der Waals surface area contributed by atoms with Crippen molar-refractivity contribution in [2.24, 2.45) is 0 Å². The smallest absolute Gasteiger partial charge is 0.354 e. The van der Waals surface area contributed by atoms with Gasteiger partial charge in [-0.1, -0.05) is 18.2 Å². The van der Waals surface area contributed by atoms with Gasteiger partial charge in [0.15, 0.2) is 5.69 Å². The van der Waals surface area contributed by atoms with Crippen LogP contribution in [0.25, 0.3) is 10.9 Å². The Hall–Kier alpha value is -2.82. The second-order valence-corrected chi connectivity index (χ2v) is 4.63. The topological polar surface area (TPSA) is 75.4 Å². The van der Waals surface area contributed by atoms with E-state index in [2.05, 4.69) is 10.3 Å². The monoisotopic (exact) mass is 282 g/mol. The van der Waals surface area contributed by atoms with Gasteiger partial charge in [-0.25, -0.2) is 9.78 Å². The minimum Gasteiger partial charge on any atom is -0.477 e. The van der Waals surface area contributed by atoms with Crippen LogP contribution in [0.1, 0.15) is 16.2 Å². The predicted molar refractivity (Wildman–Crippen MR) is 79.6 cm³/mol. The first kappa shape index (κ1) is 13.2. The molecule has 0 bridgehead atoms. The fourth-order valence-electron chi connectivity index (χ4n) is 2.21. The summed E-state index contributed by atoms with van der Waals surface area (Å²) in [5, 5.41) is 13.3. The van der Waals surface area contributed by atoms with Gasteiger partial charge in [0.2, 0.25) is 0 Å². The van der Waals surface area contributed by atoms with Crippen LogP contribution in [-0.4, -0.2) is 22.6 Å². The maximum Gasteiger partial charge on any atom is 0.354 e. The van der Waals surface area contributed by atoms with Gasteiger partial charge in [-0.3, -0.25) is 0 Å². The summed E-state index contributed by atoms with van der Waals surface area (Å²) < 4.78 is 5.27. The highest BCUT2D eigenvalue weighted by Gasteiger charge is 2.10. The number of furan rings is 1. The minimum atomic E-state index is -1.03. The van der Waals surface area contributed by atoms with Gasteiger partial charge < -0.3 is 14.8 Å². The van der Waals surface area contributed by atoms with Gasteiger partial charge in [0.05, 0.1) is 11.8 Å². The second-order valence-electron chi connectivity index (χ2n) is 4.63. The Morgan fingerprint density at radius 1 is 1.24 bits per heavy atom. The van der Waals surface area contributed by atoms with Crippen LogP contribution in [0.5, 0.6) is 0 Å². The number of nitrogens with one attached hydrogen (secondary N) is 1. The molecule has 5 heteroatoms. The van der Waals surface area contributed by atoms with Crippen LogP contribution in [0.15, 0.2) is 53.1 Å². The lowest BCUT2D eigenvalue weighted by Gasteiger charge is -2.10. The van der Waals surface area contributed by atoms with Gasteiger partial charge in [0, 0.05) is 24.0 Å². The Bertz CT molecular complexity index is 766. The molecule has 3 rings (SSSR count). The SMILES string of the molecule is O=C(O)c1cc(NCCc2ccco2)c2ccccc2n1. The maximum absolute atomic E-state index is 11.2. The average molecular weight is 282 g/mol. The van der Waals surface area contributed by atoms with E-state index in [1.807, 2.05) is 30.3 Å². The zero-order valence-electron chi connectivity index (χ0n) is 11.2. The number of carboxylic acid groups (broad SMARTS) is 1. The number of benzene rings is 1. The Labute approximate surface area is 121 Å². The van der Waals surface area contributed by atoms with Gasteiger partial charge in [0.1, 0.15) is 5.76 Å². The summed E-state index contributed by atoms with van der Waals surface area (Å²) in [6.45, 7) is 0.653. The normalized spacial score (nSPS) is 10.7. The van der Waals surface area contributed by atoms with Crippen LogP contribution in [0.4, 0.5) is 5.69 Å². The van der Waals surface area contributed by atoms with Crippen LogP contribution in [0.2, 0.25) is 0 Å². The number of carbonyl (C=O) groups is 1. The van der Waals surface area contributed by atoms with Gasteiger partial charge in [-0.2, -0.15) is 0 Å². The first-order valence-corrected chi connectivity index (χ1v) is 6.63. The number of aromatic nitrogens is 1. The summed E-state index contributed by atoms with van der Waals surface area (Å²) in [5.41, 5.74) is 1.47. The maximum atomic E-state index is 11.2. The van der Waals surface area contributed by atoms with Crippen molar-refractivity contribution in [3.8, 4) is 0 Å². The van der Waals surface area contributed by atoms with E-state index in [4.69, 9.17) is 9.52 Å². The summed E-state index contributed by atoms with van der Waals surface area (Å²) in [5.74, 6) is -0.144. The molecule has 2 heterocycles. The fourth-order valence-corrected chi connectivity index (χ4v) is 2.21. The number of hydrogen-bond donors (Lipinski definition) is 2. The Morgan fingerprint density at radius 3 is 2.86 bits per heavy atom. The van der Waals surface area contributed by atoms with Crippen molar-refractivity contribution in [2.75, 3.05) is 11.9 Å². The zero-order chi connectivity index (χ0) is 14.7. The minimum absolute atomic E-state index is 0.0363. The third-order valence-corrected chi connectivity index (χ3v) is 3.20. The number of para-hydroxylation sites is 1. The Balaban J connectivity index is 1.87. The molecule has 0 amide bonds. The van der Waals surface area contributed by atoms with Crippen molar-refractivity contribution in [1.82, 2.24) is 4.98 Å². The van der Waals surface area contributed by atoms with Crippen molar-refractivity contribution in [2.45, 2.75) is 6.42 Å². The van der Waals surface area contributed by atoms with E-state index < -0.39 is 5.97 Å². The van der Waals surface area contributed by atoms with E-state index in [0.29, 0.717) is 12.1 Å². The molecule has 0 fully saturated rings. The second kappa shape index (κ2) is 5.66. The highest BCUT2D eigenvalue weighted by Crippen LogP contribution is 2.23. The summed E-state index contributed by atoms with van der Waals surface area (Å²) in [6.07, 6.45) is 2.37. The Morgan fingerprint density at radius 2 is 2.10 bits per heavy atom. The third kappa shape index (κ3) is 2.86. The van der Waals surface area contributed by atoms with Crippen molar-refractivity contribution < 1.29 is 14.3 Å². The van der Waals surface area contributed by atoms with Crippen LogP contribution in [-0.2, 0) is 6.42 Å². The Kier molecular flexibility index (Phi) is 3.55. The molecule has 2 N–H and O–H groups in total. The van der Waals surface area contributed by atoms with Gasteiger partial charge >= 0.3 is 5.97 Å². The molecule has 0 spiro atoms. The lowest BCUT2D eigenvalue weighted by Crippen LogP contribution is -2.08. The largest absolute Gasteiger partial charge is 0.477 e. The van der Waals surface area contributed by atoms with Crippen molar-refractivity contribution in [3.63, 3.8) is 0 Å². The van der Waals surface area contributed by atoms with Crippen LogP contribution in [0.3, 0.4) is 0 Å². The molecule has 0 atom stereocenters. The fraction of sp³-hybridized carbons (Fsp3) is 0.125. The molecular weight excluding hydrogens is 268 g/mol. The predicted octanol–water partition coefficient (Wildman–Crippen LogP) is 3.18. The molecule has 106 valence electrons. The summed E-state index contributed by atoms with van der Waals surface area (Å²) in [4.78, 5) is 15.3. The number of rotatable bonds is 5. The molecule has 3 aromatic rings. The number of hydrogen-bond acceptors (Lipinski definition) is 4. The van der Waals surface area contributed by atoms with Crippen LogP contribution < -0.4 is 5.32 Å². The molecule has 0 unspecified atom stereocenters. The molecule has 0 aliphatic heterocycles. The van der Waals surface area contributed by atoms with Crippen molar-refractivity contribution >= 4 is 22.6 Å². The molecule has 0 radical (unpaired) electrons. The summed E-state index contributed by atoms with van der Waals surface area (Å²) >= 11 is 0. The molecule has 5 nitrogen and oxygen atoms in total. The quantitative estimate of drug-likeness (QED) is 0.751. The summed E-state index contributed by atoms with van der Waals surface area (Å²) in [7, 11) is 0. The van der Waals surface area contributed by atoms with Gasteiger partial charge in [-0.15, -0.1) is 0 Å².